The molecule has 3 heteroatoms. The molecule has 98 valence electrons. The van der Waals surface area contributed by atoms with E-state index < -0.39 is 11.9 Å². The van der Waals surface area contributed by atoms with E-state index in [0.717, 1.165) is 16.7 Å². The van der Waals surface area contributed by atoms with Gasteiger partial charge in [0.1, 0.15) is 0 Å². The van der Waals surface area contributed by atoms with Crippen molar-refractivity contribution < 1.29 is 9.90 Å². The van der Waals surface area contributed by atoms with Gasteiger partial charge in [0.2, 0.25) is 0 Å². The lowest BCUT2D eigenvalue weighted by atomic mass is 9.94. The third-order valence-electron chi connectivity index (χ3n) is 3.14. The summed E-state index contributed by atoms with van der Waals surface area (Å²) in [6.45, 7) is 0. The first-order valence-electron chi connectivity index (χ1n) is 6.21. The summed E-state index contributed by atoms with van der Waals surface area (Å²) in [6.07, 6.45) is 0.545. The van der Waals surface area contributed by atoms with Gasteiger partial charge in [0, 0.05) is 0 Å². The Bertz CT molecular complexity index is 534. The van der Waals surface area contributed by atoms with E-state index in [4.69, 9.17) is 0 Å². The molecule has 2 aromatic rings. The molecule has 0 saturated carbocycles. The van der Waals surface area contributed by atoms with Gasteiger partial charge in [-0.25, -0.2) is 0 Å². The smallest absolute Gasteiger partial charge is 0.311 e. The molecule has 0 saturated heterocycles. The maximum atomic E-state index is 11.2. The standard InChI is InChI=1S/C16H16O2S/c17-16(18)15(10-11-19)14-8-6-13(7-9-14)12-4-2-1-3-5-12/h1-9,15,19H,10-11H2,(H,17,18). The quantitative estimate of drug-likeness (QED) is 0.811. The minimum atomic E-state index is -0.790. The molecule has 0 aromatic heterocycles. The van der Waals surface area contributed by atoms with Crippen molar-refractivity contribution in [2.45, 2.75) is 12.3 Å². The van der Waals surface area contributed by atoms with Gasteiger partial charge in [0.15, 0.2) is 0 Å². The Morgan fingerprint density at radius 2 is 1.58 bits per heavy atom. The number of thiol groups is 1. The van der Waals surface area contributed by atoms with Crippen LogP contribution < -0.4 is 0 Å². The molecule has 0 radical (unpaired) electrons. The Hall–Kier alpha value is -1.74. The van der Waals surface area contributed by atoms with Crippen LogP contribution in [-0.4, -0.2) is 16.8 Å². The summed E-state index contributed by atoms with van der Waals surface area (Å²) in [5.41, 5.74) is 3.07. The third-order valence-corrected chi connectivity index (χ3v) is 3.39. The third kappa shape index (κ3) is 3.38. The van der Waals surface area contributed by atoms with Crippen LogP contribution in [0.4, 0.5) is 0 Å². The Morgan fingerprint density at radius 3 is 2.11 bits per heavy atom. The van der Waals surface area contributed by atoms with Crippen molar-refractivity contribution in [1.29, 1.82) is 0 Å². The average molecular weight is 272 g/mol. The molecule has 0 amide bonds. The van der Waals surface area contributed by atoms with Crippen LogP contribution in [0, 0.1) is 0 Å². The summed E-state index contributed by atoms with van der Waals surface area (Å²) in [6, 6.07) is 17.8. The highest BCUT2D eigenvalue weighted by Crippen LogP contribution is 2.25. The molecule has 1 atom stereocenters. The van der Waals surface area contributed by atoms with E-state index in [9.17, 15) is 9.90 Å². The van der Waals surface area contributed by atoms with Gasteiger partial charge in [-0.2, -0.15) is 12.6 Å². The zero-order chi connectivity index (χ0) is 13.7. The van der Waals surface area contributed by atoms with Crippen LogP contribution >= 0.6 is 12.6 Å². The van der Waals surface area contributed by atoms with Gasteiger partial charge < -0.3 is 5.11 Å². The first-order valence-corrected chi connectivity index (χ1v) is 6.84. The number of rotatable bonds is 5. The van der Waals surface area contributed by atoms with Gasteiger partial charge in [-0.05, 0) is 28.9 Å². The summed E-state index contributed by atoms with van der Waals surface area (Å²) in [7, 11) is 0. The van der Waals surface area contributed by atoms with Crippen LogP contribution in [0.15, 0.2) is 54.6 Å². The van der Waals surface area contributed by atoms with Crippen LogP contribution in [0.3, 0.4) is 0 Å². The van der Waals surface area contributed by atoms with Crippen LogP contribution in [0.2, 0.25) is 0 Å². The Labute approximate surface area is 118 Å². The van der Waals surface area contributed by atoms with Crippen LogP contribution in [0.1, 0.15) is 17.9 Å². The first-order chi connectivity index (χ1) is 9.22. The van der Waals surface area contributed by atoms with Gasteiger partial charge >= 0.3 is 5.97 Å². The molecule has 0 fully saturated rings. The normalized spacial score (nSPS) is 12.1. The number of carboxylic acid groups (broad SMARTS) is 1. The predicted octanol–water partition coefficient (Wildman–Crippen LogP) is 3.84. The lowest BCUT2D eigenvalue weighted by Crippen LogP contribution is -2.12. The lowest BCUT2D eigenvalue weighted by molar-refractivity contribution is -0.138. The number of hydrogen-bond acceptors (Lipinski definition) is 2. The fraction of sp³-hybridized carbons (Fsp3) is 0.188. The minimum absolute atomic E-state index is 0.470. The van der Waals surface area contributed by atoms with Crippen molar-refractivity contribution >= 4 is 18.6 Å². The highest BCUT2D eigenvalue weighted by atomic mass is 32.1. The topological polar surface area (TPSA) is 37.3 Å². The predicted molar refractivity (Wildman–Crippen MR) is 80.7 cm³/mol. The molecule has 0 heterocycles. The highest BCUT2D eigenvalue weighted by Gasteiger charge is 2.18. The Balaban J connectivity index is 2.25. The molecule has 1 N–H and O–H groups in total. The van der Waals surface area contributed by atoms with Crippen molar-refractivity contribution in [2.24, 2.45) is 0 Å². The van der Waals surface area contributed by atoms with Gasteiger partial charge in [-0.1, -0.05) is 54.6 Å². The minimum Gasteiger partial charge on any atom is -0.481 e. The van der Waals surface area contributed by atoms with Crippen LogP contribution in [-0.2, 0) is 4.79 Å². The van der Waals surface area contributed by atoms with Crippen LogP contribution in [0.5, 0.6) is 0 Å². The molecule has 0 spiro atoms. The molecule has 2 rings (SSSR count). The fourth-order valence-corrected chi connectivity index (χ4v) is 2.36. The Kier molecular flexibility index (Phi) is 4.63. The van der Waals surface area contributed by atoms with E-state index in [1.807, 2.05) is 54.6 Å². The van der Waals surface area contributed by atoms with Gasteiger partial charge in [0.25, 0.3) is 0 Å². The molecule has 1 unspecified atom stereocenters. The molecule has 2 nitrogen and oxygen atoms in total. The molecule has 0 aliphatic carbocycles. The fourth-order valence-electron chi connectivity index (χ4n) is 2.10. The van der Waals surface area contributed by atoms with Crippen molar-refractivity contribution in [2.75, 3.05) is 5.75 Å². The summed E-state index contributed by atoms with van der Waals surface area (Å²) >= 11 is 4.12. The van der Waals surface area contributed by atoms with Gasteiger partial charge in [-0.3, -0.25) is 4.79 Å². The summed E-state index contributed by atoms with van der Waals surface area (Å²) < 4.78 is 0. The average Bonchev–Trinajstić information content (AvgIpc) is 2.46. The van der Waals surface area contributed by atoms with E-state index in [1.165, 1.54) is 0 Å². The number of hydrogen-bond donors (Lipinski definition) is 2. The number of benzene rings is 2. The lowest BCUT2D eigenvalue weighted by Gasteiger charge is -2.12. The molecule has 2 aromatic carbocycles. The molecule has 0 aliphatic rings. The van der Waals surface area contributed by atoms with E-state index in [1.54, 1.807) is 0 Å². The molecular formula is C16H16O2S. The van der Waals surface area contributed by atoms with Crippen LogP contribution in [0.25, 0.3) is 11.1 Å². The van der Waals surface area contributed by atoms with Crippen molar-refractivity contribution in [3.63, 3.8) is 0 Å². The zero-order valence-electron chi connectivity index (χ0n) is 10.5. The highest BCUT2D eigenvalue weighted by molar-refractivity contribution is 7.80. The molecule has 0 aliphatic heterocycles. The van der Waals surface area contributed by atoms with E-state index in [2.05, 4.69) is 12.6 Å². The summed E-state index contributed by atoms with van der Waals surface area (Å²) in [5, 5.41) is 9.21. The van der Waals surface area contributed by atoms with Gasteiger partial charge in [-0.15, -0.1) is 0 Å². The van der Waals surface area contributed by atoms with E-state index >= 15 is 0 Å². The number of aliphatic carboxylic acids is 1. The van der Waals surface area contributed by atoms with E-state index in [-0.39, 0.29) is 0 Å². The SMILES string of the molecule is O=C(O)C(CCS)c1ccc(-c2ccccc2)cc1. The zero-order valence-corrected chi connectivity index (χ0v) is 11.4. The molecular weight excluding hydrogens is 256 g/mol. The van der Waals surface area contributed by atoms with Crippen molar-refractivity contribution in [3.05, 3.63) is 60.2 Å². The van der Waals surface area contributed by atoms with Gasteiger partial charge in [0.05, 0.1) is 5.92 Å². The summed E-state index contributed by atoms with van der Waals surface area (Å²) in [5.74, 6) is -0.693. The monoisotopic (exact) mass is 272 g/mol. The second-order valence-corrected chi connectivity index (χ2v) is 4.84. The Morgan fingerprint density at radius 1 is 1.00 bits per heavy atom. The van der Waals surface area contributed by atoms with Crippen molar-refractivity contribution in [3.8, 4) is 11.1 Å². The number of carboxylic acids is 1. The largest absolute Gasteiger partial charge is 0.481 e. The molecule has 0 bridgehead atoms. The second kappa shape index (κ2) is 6.43. The maximum Gasteiger partial charge on any atom is 0.311 e. The van der Waals surface area contributed by atoms with Crippen molar-refractivity contribution in [1.82, 2.24) is 0 Å². The second-order valence-electron chi connectivity index (χ2n) is 4.39. The van der Waals surface area contributed by atoms with E-state index in [0.29, 0.717) is 12.2 Å². The summed E-state index contributed by atoms with van der Waals surface area (Å²) in [4.78, 5) is 11.2. The molecule has 19 heavy (non-hydrogen) atoms. The first kappa shape index (κ1) is 13.7. The number of carbonyl (C=O) groups is 1. The maximum absolute atomic E-state index is 11.2.